The van der Waals surface area contributed by atoms with Gasteiger partial charge in [0.2, 0.25) is 0 Å². The van der Waals surface area contributed by atoms with Crippen LogP contribution in [0.25, 0.3) is 0 Å². The molecular formula is C17H27ClO2. The van der Waals surface area contributed by atoms with Crippen molar-refractivity contribution in [3.05, 3.63) is 11.6 Å². The van der Waals surface area contributed by atoms with Crippen LogP contribution in [0.3, 0.4) is 0 Å². The number of allylic oxidation sites excluding steroid dienone is 2. The van der Waals surface area contributed by atoms with Gasteiger partial charge in [-0.3, -0.25) is 4.79 Å². The van der Waals surface area contributed by atoms with Gasteiger partial charge >= 0.3 is 5.97 Å². The molecule has 114 valence electrons. The van der Waals surface area contributed by atoms with Gasteiger partial charge in [0.05, 0.1) is 0 Å². The molecule has 20 heavy (non-hydrogen) atoms. The summed E-state index contributed by atoms with van der Waals surface area (Å²) in [7, 11) is 0. The predicted octanol–water partition coefficient (Wildman–Crippen LogP) is 4.87. The van der Waals surface area contributed by atoms with E-state index in [0.717, 1.165) is 12.8 Å². The van der Waals surface area contributed by atoms with E-state index in [9.17, 15) is 9.90 Å². The van der Waals surface area contributed by atoms with Crippen LogP contribution in [-0.4, -0.2) is 16.0 Å². The molecule has 2 fully saturated rings. The van der Waals surface area contributed by atoms with E-state index in [1.54, 1.807) is 0 Å². The predicted molar refractivity (Wildman–Crippen MR) is 83.0 cm³/mol. The fourth-order valence-corrected chi connectivity index (χ4v) is 4.95. The summed E-state index contributed by atoms with van der Waals surface area (Å²) in [5, 5.41) is 9.39. The normalized spacial score (nSPS) is 37.4. The van der Waals surface area contributed by atoms with E-state index in [-0.39, 0.29) is 22.2 Å². The van der Waals surface area contributed by atoms with Crippen LogP contribution in [0.1, 0.15) is 60.8 Å². The molecule has 0 amide bonds. The van der Waals surface area contributed by atoms with Crippen molar-refractivity contribution in [3.8, 4) is 0 Å². The molecule has 0 bridgehead atoms. The van der Waals surface area contributed by atoms with E-state index >= 15 is 0 Å². The van der Waals surface area contributed by atoms with Gasteiger partial charge in [0.25, 0.3) is 0 Å². The van der Waals surface area contributed by atoms with Crippen LogP contribution in [-0.2, 0) is 4.79 Å². The second kappa shape index (κ2) is 4.25. The Kier molecular flexibility index (Phi) is 3.38. The van der Waals surface area contributed by atoms with Crippen molar-refractivity contribution in [1.82, 2.24) is 0 Å². The van der Waals surface area contributed by atoms with Gasteiger partial charge in [0, 0.05) is 11.3 Å². The van der Waals surface area contributed by atoms with Crippen molar-refractivity contribution in [2.24, 2.45) is 22.2 Å². The summed E-state index contributed by atoms with van der Waals surface area (Å²) in [4.78, 5) is 10.3. The highest BCUT2D eigenvalue weighted by Crippen LogP contribution is 2.67. The smallest absolute Gasteiger partial charge is 0.325 e. The van der Waals surface area contributed by atoms with Crippen LogP contribution < -0.4 is 0 Å². The van der Waals surface area contributed by atoms with Crippen molar-refractivity contribution < 1.29 is 9.90 Å². The van der Waals surface area contributed by atoms with Crippen LogP contribution in [0.2, 0.25) is 0 Å². The second-order valence-electron chi connectivity index (χ2n) is 8.90. The number of rotatable bonds is 2. The van der Waals surface area contributed by atoms with E-state index in [4.69, 9.17) is 11.6 Å². The molecular weight excluding hydrogens is 272 g/mol. The summed E-state index contributed by atoms with van der Waals surface area (Å²) in [6.07, 6.45) is 5.48. The Morgan fingerprint density at radius 1 is 1.15 bits per heavy atom. The van der Waals surface area contributed by atoms with Crippen molar-refractivity contribution >= 4 is 17.6 Å². The first-order valence-electron chi connectivity index (χ1n) is 7.44. The average Bonchev–Trinajstić information content (AvgIpc) is 2.59. The highest BCUT2D eigenvalue weighted by Gasteiger charge is 2.74. The lowest BCUT2D eigenvalue weighted by Gasteiger charge is -2.42. The molecule has 0 radical (unpaired) electrons. The molecule has 0 spiro atoms. The Bertz CT molecular complexity index is 455. The Labute approximate surface area is 127 Å². The van der Waals surface area contributed by atoms with Gasteiger partial charge in [-0.25, -0.2) is 0 Å². The van der Waals surface area contributed by atoms with Gasteiger partial charge in [0.15, 0.2) is 4.87 Å². The molecule has 2 saturated carbocycles. The van der Waals surface area contributed by atoms with Crippen LogP contribution in [0.4, 0.5) is 0 Å². The average molecular weight is 299 g/mol. The second-order valence-corrected chi connectivity index (χ2v) is 9.50. The maximum absolute atomic E-state index is 11.4. The van der Waals surface area contributed by atoms with E-state index < -0.39 is 10.8 Å². The van der Waals surface area contributed by atoms with E-state index in [2.05, 4.69) is 33.8 Å². The Balaban J connectivity index is 2.27. The summed E-state index contributed by atoms with van der Waals surface area (Å²) >= 11 is 6.35. The SMILES string of the molecule is CC1(C)CC(=CC2C(C)(C)C2(Cl)C(=O)O)CC(C)(C)C1. The van der Waals surface area contributed by atoms with E-state index in [1.165, 1.54) is 12.0 Å². The maximum atomic E-state index is 11.4. The molecule has 2 unspecified atom stereocenters. The van der Waals surface area contributed by atoms with Crippen molar-refractivity contribution in [3.63, 3.8) is 0 Å². The van der Waals surface area contributed by atoms with Gasteiger partial charge in [-0.15, -0.1) is 11.6 Å². The molecule has 0 saturated heterocycles. The number of alkyl halides is 1. The third-order valence-electron chi connectivity index (χ3n) is 5.14. The summed E-state index contributed by atoms with van der Waals surface area (Å²) < 4.78 is 0. The van der Waals surface area contributed by atoms with Crippen molar-refractivity contribution in [2.45, 2.75) is 65.7 Å². The van der Waals surface area contributed by atoms with E-state index in [1.807, 2.05) is 13.8 Å². The largest absolute Gasteiger partial charge is 0.480 e. The Morgan fingerprint density at radius 2 is 1.60 bits per heavy atom. The number of carboxylic acid groups (broad SMARTS) is 1. The number of carbonyl (C=O) groups is 1. The first kappa shape index (κ1) is 15.9. The molecule has 2 nitrogen and oxygen atoms in total. The molecule has 0 aliphatic heterocycles. The minimum Gasteiger partial charge on any atom is -0.480 e. The van der Waals surface area contributed by atoms with Crippen LogP contribution in [0, 0.1) is 22.2 Å². The molecule has 0 aromatic heterocycles. The molecule has 3 heteroatoms. The Hall–Kier alpha value is -0.500. The van der Waals surface area contributed by atoms with Crippen LogP contribution in [0.15, 0.2) is 11.6 Å². The highest BCUT2D eigenvalue weighted by atomic mass is 35.5. The lowest BCUT2D eigenvalue weighted by molar-refractivity contribution is -0.138. The van der Waals surface area contributed by atoms with E-state index in [0.29, 0.717) is 0 Å². The third-order valence-corrected chi connectivity index (χ3v) is 6.03. The van der Waals surface area contributed by atoms with Gasteiger partial charge in [0.1, 0.15) is 0 Å². The van der Waals surface area contributed by atoms with Crippen molar-refractivity contribution in [2.75, 3.05) is 0 Å². The van der Waals surface area contributed by atoms with Crippen LogP contribution >= 0.6 is 11.6 Å². The zero-order chi connectivity index (χ0) is 15.6. The molecule has 0 aromatic carbocycles. The summed E-state index contributed by atoms with van der Waals surface area (Å²) in [6, 6.07) is 0. The number of halogens is 1. The molecule has 0 heterocycles. The minimum atomic E-state index is -1.12. The molecule has 2 aliphatic rings. The summed E-state index contributed by atoms with van der Waals surface area (Å²) in [5.41, 5.74) is 1.59. The first-order valence-corrected chi connectivity index (χ1v) is 7.82. The molecule has 2 aliphatic carbocycles. The summed E-state index contributed by atoms with van der Waals surface area (Å²) in [6.45, 7) is 13.1. The summed E-state index contributed by atoms with van der Waals surface area (Å²) in [5.74, 6) is -0.950. The standard InChI is InChI=1S/C17H27ClO2/c1-14(2)8-11(9-15(3,4)10-14)7-12-16(5,6)17(12,18)13(19)20/h7,12H,8-10H2,1-6H3,(H,19,20). The third kappa shape index (κ3) is 2.41. The number of carboxylic acids is 1. The molecule has 2 atom stereocenters. The number of hydrogen-bond acceptors (Lipinski definition) is 1. The fraction of sp³-hybridized carbons (Fsp3) is 0.824. The lowest BCUT2D eigenvalue weighted by atomic mass is 9.63. The monoisotopic (exact) mass is 298 g/mol. The minimum absolute atomic E-state index is 0.0612. The number of aliphatic carboxylic acids is 1. The topological polar surface area (TPSA) is 37.3 Å². The lowest BCUT2D eigenvalue weighted by Crippen LogP contribution is -2.30. The zero-order valence-electron chi connectivity index (χ0n) is 13.5. The molecule has 0 aromatic rings. The van der Waals surface area contributed by atoms with Crippen LogP contribution in [0.5, 0.6) is 0 Å². The molecule has 2 rings (SSSR count). The van der Waals surface area contributed by atoms with Gasteiger partial charge in [-0.1, -0.05) is 53.2 Å². The molecule has 1 N–H and O–H groups in total. The number of hydrogen-bond donors (Lipinski definition) is 1. The van der Waals surface area contributed by atoms with Gasteiger partial charge < -0.3 is 5.11 Å². The maximum Gasteiger partial charge on any atom is 0.325 e. The highest BCUT2D eigenvalue weighted by molar-refractivity contribution is 6.37. The fourth-order valence-electron chi connectivity index (χ4n) is 4.55. The Morgan fingerprint density at radius 3 is 1.95 bits per heavy atom. The van der Waals surface area contributed by atoms with Gasteiger partial charge in [-0.2, -0.15) is 0 Å². The quantitative estimate of drug-likeness (QED) is 0.583. The zero-order valence-corrected chi connectivity index (χ0v) is 14.3. The van der Waals surface area contributed by atoms with Gasteiger partial charge in [-0.05, 0) is 30.1 Å². The first-order chi connectivity index (χ1) is 8.82. The van der Waals surface area contributed by atoms with Crippen molar-refractivity contribution in [1.29, 1.82) is 0 Å².